The van der Waals surface area contributed by atoms with E-state index < -0.39 is 28.5 Å². The first-order valence-corrected chi connectivity index (χ1v) is 17.5. The monoisotopic (exact) mass is 675 g/mol. The number of carbonyl (C=O) groups is 2. The number of amides is 2. The van der Waals surface area contributed by atoms with Crippen molar-refractivity contribution in [1.29, 1.82) is 0 Å². The normalized spacial score (nSPS) is 12.5. The molecule has 0 fully saturated rings. The fourth-order valence-corrected chi connectivity index (χ4v) is 6.70. The number of nitrogens with zero attached hydrogens (tertiary/aromatic N) is 2. The second kappa shape index (κ2) is 16.5. The fourth-order valence-electron chi connectivity index (χ4n) is 5.07. The molecule has 0 radical (unpaired) electrons. The number of hydrogen-bond acceptors (Lipinski definition) is 5. The predicted octanol–water partition coefficient (Wildman–Crippen LogP) is 6.80. The molecule has 0 saturated heterocycles. The van der Waals surface area contributed by atoms with Gasteiger partial charge in [-0.25, -0.2) is 8.42 Å². The van der Waals surface area contributed by atoms with Crippen molar-refractivity contribution in [2.24, 2.45) is 0 Å². The van der Waals surface area contributed by atoms with Crippen molar-refractivity contribution in [3.63, 3.8) is 0 Å². The molecule has 1 N–H and O–H groups in total. The maximum Gasteiger partial charge on any atom is 0.264 e. The van der Waals surface area contributed by atoms with Crippen LogP contribution < -0.4 is 14.4 Å². The minimum absolute atomic E-state index is 0.0342. The maximum atomic E-state index is 14.6. The highest BCUT2D eigenvalue weighted by molar-refractivity contribution is 7.92. The molecule has 4 rings (SSSR count). The van der Waals surface area contributed by atoms with Gasteiger partial charge in [0.1, 0.15) is 18.3 Å². The van der Waals surface area contributed by atoms with Gasteiger partial charge in [-0.2, -0.15) is 0 Å². The molecule has 4 aromatic carbocycles. The van der Waals surface area contributed by atoms with Gasteiger partial charge in [0.15, 0.2) is 0 Å². The van der Waals surface area contributed by atoms with E-state index in [9.17, 15) is 18.0 Å². The zero-order valence-corrected chi connectivity index (χ0v) is 28.8. The van der Waals surface area contributed by atoms with Gasteiger partial charge in [-0.3, -0.25) is 13.9 Å². The van der Waals surface area contributed by atoms with Crippen LogP contribution in [0.3, 0.4) is 0 Å². The Morgan fingerprint density at radius 3 is 2.15 bits per heavy atom. The average Bonchev–Trinajstić information content (AvgIpc) is 3.06. The topological polar surface area (TPSA) is 96.0 Å². The number of benzene rings is 4. The highest BCUT2D eigenvalue weighted by Crippen LogP contribution is 2.27. The molecule has 10 heteroatoms. The summed E-state index contributed by atoms with van der Waals surface area (Å²) in [5.74, 6) is -0.301. The second-order valence-corrected chi connectivity index (χ2v) is 13.7. The van der Waals surface area contributed by atoms with E-state index in [0.29, 0.717) is 29.4 Å². The lowest BCUT2D eigenvalue weighted by Crippen LogP contribution is -2.54. The Morgan fingerprint density at radius 1 is 0.872 bits per heavy atom. The van der Waals surface area contributed by atoms with Crippen molar-refractivity contribution in [2.45, 2.75) is 64.1 Å². The number of hydrogen-bond donors (Lipinski definition) is 1. The van der Waals surface area contributed by atoms with Gasteiger partial charge in [0.2, 0.25) is 11.8 Å². The molecule has 2 atom stereocenters. The SMILES string of the molecule is CCOc1ccc(N(CC(=O)N(Cc2cccc(Cl)c2)C(Cc2ccccc2)C(=O)NC(C)CC)S(=O)(=O)c2ccc(C)cc2)cc1. The first-order chi connectivity index (χ1) is 22.5. The van der Waals surface area contributed by atoms with Crippen molar-refractivity contribution in [2.75, 3.05) is 17.5 Å². The van der Waals surface area contributed by atoms with E-state index in [1.54, 1.807) is 54.6 Å². The van der Waals surface area contributed by atoms with E-state index in [-0.39, 0.29) is 35.5 Å². The molecule has 0 saturated carbocycles. The van der Waals surface area contributed by atoms with Gasteiger partial charge in [-0.15, -0.1) is 0 Å². The van der Waals surface area contributed by atoms with Crippen molar-refractivity contribution >= 4 is 39.1 Å². The summed E-state index contributed by atoms with van der Waals surface area (Å²) in [4.78, 5) is 30.0. The van der Waals surface area contributed by atoms with E-state index in [2.05, 4.69) is 5.32 Å². The summed E-state index contributed by atoms with van der Waals surface area (Å²) < 4.78 is 35.1. The van der Waals surface area contributed by atoms with Gasteiger partial charge in [0, 0.05) is 24.0 Å². The lowest BCUT2D eigenvalue weighted by molar-refractivity contribution is -0.140. The molecule has 0 aliphatic rings. The minimum Gasteiger partial charge on any atom is -0.494 e. The number of carbonyl (C=O) groups excluding carboxylic acids is 2. The summed E-state index contributed by atoms with van der Waals surface area (Å²) in [6.07, 6.45) is 0.926. The van der Waals surface area contributed by atoms with Crippen LogP contribution in [0.25, 0.3) is 0 Å². The maximum absolute atomic E-state index is 14.6. The third-order valence-corrected chi connectivity index (χ3v) is 9.86. The van der Waals surface area contributed by atoms with Crippen LogP contribution in [-0.2, 0) is 32.6 Å². The van der Waals surface area contributed by atoms with E-state index in [4.69, 9.17) is 16.3 Å². The van der Waals surface area contributed by atoms with Crippen LogP contribution in [0.1, 0.15) is 43.9 Å². The van der Waals surface area contributed by atoms with E-state index in [1.807, 2.05) is 64.1 Å². The van der Waals surface area contributed by atoms with E-state index in [1.165, 1.54) is 17.0 Å². The molecular formula is C37H42ClN3O5S. The molecule has 8 nitrogen and oxygen atoms in total. The smallest absolute Gasteiger partial charge is 0.264 e. The van der Waals surface area contributed by atoms with Crippen LogP contribution in [0.5, 0.6) is 5.75 Å². The van der Waals surface area contributed by atoms with E-state index in [0.717, 1.165) is 15.4 Å². The van der Waals surface area contributed by atoms with E-state index >= 15 is 0 Å². The van der Waals surface area contributed by atoms with Crippen molar-refractivity contribution in [3.8, 4) is 5.75 Å². The number of sulfonamides is 1. The Kier molecular flexibility index (Phi) is 12.4. The van der Waals surface area contributed by atoms with Gasteiger partial charge < -0.3 is 15.0 Å². The van der Waals surface area contributed by atoms with Crippen LogP contribution in [0.15, 0.2) is 108 Å². The van der Waals surface area contributed by atoms with Crippen molar-refractivity contribution in [1.82, 2.24) is 10.2 Å². The Morgan fingerprint density at radius 2 is 1.53 bits per heavy atom. The summed E-state index contributed by atoms with van der Waals surface area (Å²) in [5.41, 5.74) is 2.75. The summed E-state index contributed by atoms with van der Waals surface area (Å²) in [5, 5.41) is 3.53. The molecule has 0 bridgehead atoms. The zero-order chi connectivity index (χ0) is 34.0. The first kappa shape index (κ1) is 35.5. The first-order valence-electron chi connectivity index (χ1n) is 15.7. The zero-order valence-electron chi connectivity index (χ0n) is 27.2. The van der Waals surface area contributed by atoms with Crippen LogP contribution in [0.4, 0.5) is 5.69 Å². The molecular weight excluding hydrogens is 634 g/mol. The number of aryl methyl sites for hydroxylation is 1. The number of nitrogens with one attached hydrogen (secondary N) is 1. The summed E-state index contributed by atoms with van der Waals surface area (Å²) in [6, 6.07) is 28.5. The van der Waals surface area contributed by atoms with Crippen molar-refractivity contribution < 1.29 is 22.7 Å². The number of anilines is 1. The highest BCUT2D eigenvalue weighted by atomic mass is 35.5. The van der Waals surface area contributed by atoms with Crippen LogP contribution in [-0.4, -0.2) is 50.4 Å². The lowest BCUT2D eigenvalue weighted by atomic mass is 10.0. The third-order valence-electron chi connectivity index (χ3n) is 7.84. The summed E-state index contributed by atoms with van der Waals surface area (Å²) >= 11 is 6.33. The van der Waals surface area contributed by atoms with Crippen LogP contribution in [0.2, 0.25) is 5.02 Å². The Bertz CT molecular complexity index is 1730. The molecule has 2 amide bonds. The van der Waals surface area contributed by atoms with Crippen LogP contribution in [0, 0.1) is 6.92 Å². The van der Waals surface area contributed by atoms with Gasteiger partial charge in [0.25, 0.3) is 10.0 Å². The number of rotatable bonds is 15. The summed E-state index contributed by atoms with van der Waals surface area (Å²) in [6.45, 7) is 7.54. The molecule has 0 heterocycles. The minimum atomic E-state index is -4.21. The largest absolute Gasteiger partial charge is 0.494 e. The molecule has 0 aromatic heterocycles. The number of ether oxygens (including phenoxy) is 1. The Balaban J connectivity index is 1.81. The highest BCUT2D eigenvalue weighted by Gasteiger charge is 2.35. The van der Waals surface area contributed by atoms with Gasteiger partial charge in [0.05, 0.1) is 17.2 Å². The van der Waals surface area contributed by atoms with Gasteiger partial charge in [-0.05, 0) is 86.8 Å². The summed E-state index contributed by atoms with van der Waals surface area (Å²) in [7, 11) is -4.21. The quantitative estimate of drug-likeness (QED) is 0.150. The van der Waals surface area contributed by atoms with Crippen molar-refractivity contribution in [3.05, 3.63) is 125 Å². The van der Waals surface area contributed by atoms with Gasteiger partial charge in [-0.1, -0.05) is 78.7 Å². The third kappa shape index (κ3) is 9.59. The molecule has 4 aromatic rings. The molecule has 0 aliphatic carbocycles. The Labute approximate surface area is 283 Å². The molecule has 248 valence electrons. The molecule has 0 aliphatic heterocycles. The second-order valence-electron chi connectivity index (χ2n) is 11.4. The molecule has 47 heavy (non-hydrogen) atoms. The van der Waals surface area contributed by atoms with Gasteiger partial charge >= 0.3 is 0 Å². The average molecular weight is 676 g/mol. The standard InChI is InChI=1S/C37H42ClN3O5S/c1-5-28(4)39-37(43)35(24-29-11-8-7-9-12-29)40(25-30-13-10-14-31(38)23-30)36(42)26-41(32-17-19-33(20-18-32)46-6-2)47(44,45)34-21-15-27(3)16-22-34/h7-23,28,35H,5-6,24-26H2,1-4H3,(H,39,43). The fraction of sp³-hybridized carbons (Fsp3) is 0.297. The lowest BCUT2D eigenvalue weighted by Gasteiger charge is -2.34. The predicted molar refractivity (Wildman–Crippen MR) is 187 cm³/mol. The molecule has 0 spiro atoms. The van der Waals surface area contributed by atoms with Crippen LogP contribution >= 0.6 is 11.6 Å². The number of halogens is 1. The molecule has 2 unspecified atom stereocenters. The Hall–Kier alpha value is -4.34.